The van der Waals surface area contributed by atoms with Crippen LogP contribution < -0.4 is 5.32 Å². The molecular weight excluding hydrogens is 340 g/mol. The lowest BCUT2D eigenvalue weighted by Crippen LogP contribution is -2.10. The average Bonchev–Trinajstić information content (AvgIpc) is 3.35. The third-order valence-electron chi connectivity index (χ3n) is 3.58. The van der Waals surface area contributed by atoms with Gasteiger partial charge in [-0.25, -0.2) is 4.98 Å². The Morgan fingerprint density at radius 2 is 1.80 bits per heavy atom. The van der Waals surface area contributed by atoms with Gasteiger partial charge < -0.3 is 8.83 Å². The summed E-state index contributed by atoms with van der Waals surface area (Å²) in [5.41, 5.74) is 1.62. The van der Waals surface area contributed by atoms with Gasteiger partial charge in [-0.05, 0) is 42.0 Å². The summed E-state index contributed by atoms with van der Waals surface area (Å²) < 4.78 is 11.1. The molecule has 0 aliphatic heterocycles. The van der Waals surface area contributed by atoms with Crippen LogP contribution in [0, 0.1) is 0 Å². The molecular formula is C18H12N2O4S. The van der Waals surface area contributed by atoms with Gasteiger partial charge in [-0.15, -0.1) is 0 Å². The van der Waals surface area contributed by atoms with E-state index in [2.05, 4.69) is 10.3 Å². The Labute approximate surface area is 146 Å². The van der Waals surface area contributed by atoms with Gasteiger partial charge in [-0.1, -0.05) is 17.4 Å². The number of carbonyl (C=O) groups is 2. The van der Waals surface area contributed by atoms with Crippen LogP contribution in [0.5, 0.6) is 0 Å². The van der Waals surface area contributed by atoms with Crippen LogP contribution in [0.2, 0.25) is 0 Å². The second-order valence-corrected chi connectivity index (χ2v) is 6.36. The first-order valence-corrected chi connectivity index (χ1v) is 8.32. The standard InChI is InChI=1S/C18H12N2O4S/c21-13(14-3-1-7-23-14)9-11-5-6-12-16(10-11)25-18(19-12)20-17(22)15-4-2-8-24-15/h1-8,10H,9H2,(H,19,20,22). The van der Waals surface area contributed by atoms with Crippen LogP contribution in [0.25, 0.3) is 10.2 Å². The van der Waals surface area contributed by atoms with E-state index in [4.69, 9.17) is 8.83 Å². The monoisotopic (exact) mass is 352 g/mol. The highest BCUT2D eigenvalue weighted by Crippen LogP contribution is 2.27. The first kappa shape index (κ1) is 15.3. The summed E-state index contributed by atoms with van der Waals surface area (Å²) in [6.45, 7) is 0. The van der Waals surface area contributed by atoms with Crippen LogP contribution in [-0.4, -0.2) is 16.7 Å². The van der Waals surface area contributed by atoms with Crippen LogP contribution in [0.4, 0.5) is 5.13 Å². The van der Waals surface area contributed by atoms with Crippen LogP contribution in [0.15, 0.2) is 63.8 Å². The molecule has 0 bridgehead atoms. The summed E-state index contributed by atoms with van der Waals surface area (Å²) in [6, 6.07) is 12.1. The maximum Gasteiger partial charge on any atom is 0.293 e. The highest BCUT2D eigenvalue weighted by molar-refractivity contribution is 7.22. The van der Waals surface area contributed by atoms with Crippen LogP contribution in [-0.2, 0) is 6.42 Å². The smallest absolute Gasteiger partial charge is 0.293 e. The van der Waals surface area contributed by atoms with Gasteiger partial charge in [-0.2, -0.15) is 0 Å². The van der Waals surface area contributed by atoms with Gasteiger partial charge >= 0.3 is 0 Å². The Kier molecular flexibility index (Phi) is 3.91. The lowest BCUT2D eigenvalue weighted by atomic mass is 10.1. The highest BCUT2D eigenvalue weighted by Gasteiger charge is 2.14. The molecule has 0 unspecified atom stereocenters. The number of Topliss-reactive ketones (excluding diaryl/α,β-unsaturated/α-hetero) is 1. The van der Waals surface area contributed by atoms with E-state index in [0.717, 1.165) is 15.8 Å². The maximum atomic E-state index is 12.1. The minimum absolute atomic E-state index is 0.0831. The molecule has 0 aliphatic carbocycles. The highest BCUT2D eigenvalue weighted by atomic mass is 32.1. The molecule has 124 valence electrons. The lowest BCUT2D eigenvalue weighted by Gasteiger charge is -1.98. The van der Waals surface area contributed by atoms with Crippen molar-refractivity contribution in [2.24, 2.45) is 0 Å². The number of nitrogens with one attached hydrogen (secondary N) is 1. The van der Waals surface area contributed by atoms with Crippen molar-refractivity contribution in [2.45, 2.75) is 6.42 Å². The zero-order chi connectivity index (χ0) is 17.2. The number of carbonyl (C=O) groups excluding carboxylic acids is 2. The Morgan fingerprint density at radius 1 is 1.04 bits per heavy atom. The average molecular weight is 352 g/mol. The fourth-order valence-electron chi connectivity index (χ4n) is 2.41. The molecule has 0 atom stereocenters. The Hall–Kier alpha value is -3.19. The van der Waals surface area contributed by atoms with Gasteiger partial charge in [-0.3, -0.25) is 14.9 Å². The number of nitrogens with zero attached hydrogens (tertiary/aromatic N) is 1. The molecule has 4 aromatic rings. The molecule has 3 aromatic heterocycles. The van der Waals surface area contributed by atoms with Gasteiger partial charge in [0.2, 0.25) is 5.78 Å². The third-order valence-corrected chi connectivity index (χ3v) is 4.51. The molecule has 6 nitrogen and oxygen atoms in total. The molecule has 3 heterocycles. The molecule has 4 rings (SSSR count). The van der Waals surface area contributed by atoms with E-state index in [-0.39, 0.29) is 23.9 Å². The predicted molar refractivity (Wildman–Crippen MR) is 93.0 cm³/mol. The number of hydrogen-bond acceptors (Lipinski definition) is 6. The topological polar surface area (TPSA) is 85.3 Å². The molecule has 0 fully saturated rings. The summed E-state index contributed by atoms with van der Waals surface area (Å²) in [4.78, 5) is 28.5. The molecule has 0 saturated heterocycles. The molecule has 0 aliphatic rings. The first-order chi connectivity index (χ1) is 12.2. The van der Waals surface area contributed by atoms with Crippen molar-refractivity contribution >= 4 is 38.4 Å². The third kappa shape index (κ3) is 3.22. The summed E-state index contributed by atoms with van der Waals surface area (Å²) >= 11 is 1.34. The quantitative estimate of drug-likeness (QED) is 0.545. The SMILES string of the molecule is O=C(Cc1ccc2nc(NC(=O)c3ccco3)sc2c1)c1ccco1. The number of thiazole rings is 1. The van der Waals surface area contributed by atoms with E-state index in [1.165, 1.54) is 23.9 Å². The molecule has 0 spiro atoms. The first-order valence-electron chi connectivity index (χ1n) is 7.50. The molecule has 1 aromatic carbocycles. The largest absolute Gasteiger partial charge is 0.461 e. The number of rotatable bonds is 5. The van der Waals surface area contributed by atoms with E-state index in [1.807, 2.05) is 18.2 Å². The minimum Gasteiger partial charge on any atom is -0.461 e. The van der Waals surface area contributed by atoms with Gasteiger partial charge in [0.1, 0.15) is 0 Å². The summed E-state index contributed by atoms with van der Waals surface area (Å²) in [6.07, 6.45) is 3.17. The number of amides is 1. The van der Waals surface area contributed by atoms with Crippen LogP contribution in [0.3, 0.4) is 0 Å². The van der Waals surface area contributed by atoms with Crippen molar-refractivity contribution in [3.05, 3.63) is 72.1 Å². The molecule has 25 heavy (non-hydrogen) atoms. The number of aromatic nitrogens is 1. The fraction of sp³-hybridized carbons (Fsp3) is 0.0556. The van der Waals surface area contributed by atoms with Crippen molar-refractivity contribution in [3.63, 3.8) is 0 Å². The van der Waals surface area contributed by atoms with E-state index < -0.39 is 0 Å². The number of furan rings is 2. The van der Waals surface area contributed by atoms with Crippen molar-refractivity contribution in [3.8, 4) is 0 Å². The van der Waals surface area contributed by atoms with Crippen molar-refractivity contribution in [2.75, 3.05) is 5.32 Å². The van der Waals surface area contributed by atoms with E-state index >= 15 is 0 Å². The summed E-state index contributed by atoms with van der Waals surface area (Å²) in [5, 5.41) is 3.19. The van der Waals surface area contributed by atoms with Gasteiger partial charge in [0.25, 0.3) is 5.91 Å². The van der Waals surface area contributed by atoms with Gasteiger partial charge in [0.05, 0.1) is 22.7 Å². The number of ketones is 1. The van der Waals surface area contributed by atoms with Crippen molar-refractivity contribution in [1.29, 1.82) is 0 Å². The molecule has 0 saturated carbocycles. The van der Waals surface area contributed by atoms with Gasteiger partial charge in [0.15, 0.2) is 16.7 Å². The summed E-state index contributed by atoms with van der Waals surface area (Å²) in [5.74, 6) is 0.136. The maximum absolute atomic E-state index is 12.1. The number of anilines is 1. The molecule has 0 radical (unpaired) electrons. The number of hydrogen-bond donors (Lipinski definition) is 1. The van der Waals surface area contributed by atoms with E-state index in [1.54, 1.807) is 24.3 Å². The zero-order valence-corrected chi connectivity index (χ0v) is 13.7. The number of benzene rings is 1. The van der Waals surface area contributed by atoms with Gasteiger partial charge in [0, 0.05) is 6.42 Å². The minimum atomic E-state index is -0.350. The van der Waals surface area contributed by atoms with E-state index in [0.29, 0.717) is 10.9 Å². The Balaban J connectivity index is 1.53. The molecule has 1 N–H and O–H groups in total. The van der Waals surface area contributed by atoms with Crippen molar-refractivity contribution < 1.29 is 18.4 Å². The van der Waals surface area contributed by atoms with E-state index in [9.17, 15) is 9.59 Å². The van der Waals surface area contributed by atoms with Crippen LogP contribution in [0.1, 0.15) is 26.7 Å². The normalized spacial score (nSPS) is 10.9. The second kappa shape index (κ2) is 6.37. The molecule has 7 heteroatoms. The second-order valence-electron chi connectivity index (χ2n) is 5.33. The lowest BCUT2D eigenvalue weighted by molar-refractivity contribution is 0.0964. The van der Waals surface area contributed by atoms with Crippen molar-refractivity contribution in [1.82, 2.24) is 4.98 Å². The zero-order valence-electron chi connectivity index (χ0n) is 12.9. The van der Waals surface area contributed by atoms with Crippen LogP contribution >= 0.6 is 11.3 Å². The summed E-state index contributed by atoms with van der Waals surface area (Å²) in [7, 11) is 0. The number of fused-ring (bicyclic) bond motifs is 1. The Bertz CT molecular complexity index is 986. The molecule has 1 amide bonds. The Morgan fingerprint density at radius 3 is 2.52 bits per heavy atom. The fourth-order valence-corrected chi connectivity index (χ4v) is 3.33. The predicted octanol–water partition coefficient (Wildman–Crippen LogP) is 4.16.